The Morgan fingerprint density at radius 2 is 1.88 bits per heavy atom. The van der Waals surface area contributed by atoms with Gasteiger partial charge in [-0.2, -0.15) is 5.10 Å². The number of nitrogens with zero attached hydrogens (tertiary/aromatic N) is 4. The molecule has 5 rings (SSSR count). The van der Waals surface area contributed by atoms with E-state index in [4.69, 9.17) is 4.74 Å². The van der Waals surface area contributed by atoms with E-state index < -0.39 is 5.60 Å². The zero-order valence-corrected chi connectivity index (χ0v) is 19.2. The molecular formula is C25H32N4O3. The van der Waals surface area contributed by atoms with Gasteiger partial charge in [-0.3, -0.25) is 14.3 Å². The molecule has 1 aliphatic heterocycles. The smallest absolute Gasteiger partial charge is 0.272 e. The van der Waals surface area contributed by atoms with E-state index in [2.05, 4.69) is 5.10 Å². The third kappa shape index (κ3) is 3.89. The van der Waals surface area contributed by atoms with Crippen molar-refractivity contribution in [1.29, 1.82) is 0 Å². The summed E-state index contributed by atoms with van der Waals surface area (Å²) in [6.07, 6.45) is 5.69. The molecule has 3 aliphatic rings. The topological polar surface area (TPSA) is 67.7 Å². The second-order valence-electron chi connectivity index (χ2n) is 9.77. The molecule has 1 aromatic heterocycles. The van der Waals surface area contributed by atoms with Crippen LogP contribution < -0.4 is 4.74 Å². The van der Waals surface area contributed by atoms with Crippen LogP contribution in [0.2, 0.25) is 0 Å². The molecule has 0 unspecified atom stereocenters. The highest BCUT2D eigenvalue weighted by atomic mass is 16.5. The first-order valence-electron chi connectivity index (χ1n) is 11.7. The fourth-order valence-electron chi connectivity index (χ4n) is 5.22. The summed E-state index contributed by atoms with van der Waals surface area (Å²) in [6.45, 7) is 2.69. The van der Waals surface area contributed by atoms with Gasteiger partial charge in [-0.25, -0.2) is 0 Å². The summed E-state index contributed by atoms with van der Waals surface area (Å²) in [6, 6.07) is 10.2. The molecule has 7 nitrogen and oxygen atoms in total. The van der Waals surface area contributed by atoms with Gasteiger partial charge < -0.3 is 14.5 Å². The fraction of sp³-hybridized carbons (Fsp3) is 0.560. The number of aromatic nitrogens is 2. The molecule has 0 bridgehead atoms. The number of carbonyl (C=O) groups excluding carboxylic acids is 2. The SMILES string of the molecule is CC(=O)N(C)C1CCC2(CC1)CN(C(=O)c1cc(C3CC3)nn1C)Cc1ccccc1O2. The Morgan fingerprint density at radius 3 is 2.56 bits per heavy atom. The van der Waals surface area contributed by atoms with E-state index in [0.717, 1.165) is 55.5 Å². The standard InChI is InChI=1S/C25H32N4O3/c1-17(30)27(2)20-10-12-25(13-11-20)16-29(15-19-6-4-5-7-23(19)32-25)24(31)22-14-21(18-8-9-18)26-28(22)3/h4-7,14,18,20H,8-13,15-16H2,1-3H3. The summed E-state index contributed by atoms with van der Waals surface area (Å²) in [5.74, 6) is 1.48. The lowest BCUT2D eigenvalue weighted by atomic mass is 9.81. The maximum Gasteiger partial charge on any atom is 0.272 e. The summed E-state index contributed by atoms with van der Waals surface area (Å²) < 4.78 is 8.39. The molecule has 0 N–H and O–H groups in total. The summed E-state index contributed by atoms with van der Waals surface area (Å²) in [5, 5.41) is 4.61. The second kappa shape index (κ2) is 7.94. The van der Waals surface area contributed by atoms with Crippen LogP contribution in [0, 0.1) is 0 Å². The van der Waals surface area contributed by atoms with E-state index >= 15 is 0 Å². The molecule has 0 saturated heterocycles. The van der Waals surface area contributed by atoms with E-state index in [1.807, 2.05) is 54.2 Å². The molecule has 2 aromatic rings. The van der Waals surface area contributed by atoms with Crippen LogP contribution in [0.4, 0.5) is 0 Å². The summed E-state index contributed by atoms with van der Waals surface area (Å²) in [7, 11) is 3.74. The molecule has 0 radical (unpaired) electrons. The quantitative estimate of drug-likeness (QED) is 0.739. The molecule has 32 heavy (non-hydrogen) atoms. The van der Waals surface area contributed by atoms with Crippen LogP contribution in [0.5, 0.6) is 5.75 Å². The fourth-order valence-corrected chi connectivity index (χ4v) is 5.22. The number of aryl methyl sites for hydroxylation is 1. The van der Waals surface area contributed by atoms with Crippen LogP contribution >= 0.6 is 0 Å². The number of benzene rings is 1. The molecule has 2 aliphatic carbocycles. The summed E-state index contributed by atoms with van der Waals surface area (Å²) in [5.41, 5.74) is 2.27. The monoisotopic (exact) mass is 436 g/mol. The van der Waals surface area contributed by atoms with Gasteiger partial charge in [0.05, 0.1) is 12.2 Å². The maximum absolute atomic E-state index is 13.7. The molecular weight excluding hydrogens is 404 g/mol. The first-order chi connectivity index (χ1) is 15.3. The Kier molecular flexibility index (Phi) is 5.22. The number of hydrogen-bond donors (Lipinski definition) is 0. The number of ether oxygens (including phenoxy) is 1. The van der Waals surface area contributed by atoms with Crippen LogP contribution in [-0.4, -0.2) is 56.6 Å². The highest BCUT2D eigenvalue weighted by Crippen LogP contribution is 2.41. The molecule has 1 spiro atoms. The van der Waals surface area contributed by atoms with Crippen molar-refractivity contribution >= 4 is 11.8 Å². The number of amides is 2. The molecule has 2 amide bonds. The average molecular weight is 437 g/mol. The van der Waals surface area contributed by atoms with Crippen molar-refractivity contribution < 1.29 is 14.3 Å². The number of hydrogen-bond acceptors (Lipinski definition) is 4. The van der Waals surface area contributed by atoms with Gasteiger partial charge >= 0.3 is 0 Å². The van der Waals surface area contributed by atoms with Gasteiger partial charge in [0.1, 0.15) is 17.0 Å². The van der Waals surface area contributed by atoms with Gasteiger partial charge in [0.15, 0.2) is 0 Å². The zero-order valence-electron chi connectivity index (χ0n) is 19.2. The van der Waals surface area contributed by atoms with Gasteiger partial charge in [0.25, 0.3) is 5.91 Å². The highest BCUT2D eigenvalue weighted by Gasteiger charge is 2.43. The predicted octanol–water partition coefficient (Wildman–Crippen LogP) is 3.49. The molecule has 2 heterocycles. The molecule has 2 saturated carbocycles. The average Bonchev–Trinajstić information content (AvgIpc) is 3.57. The molecule has 7 heteroatoms. The number of fused-ring (bicyclic) bond motifs is 1. The van der Waals surface area contributed by atoms with Crippen molar-refractivity contribution in [1.82, 2.24) is 19.6 Å². The number of rotatable bonds is 3. The maximum atomic E-state index is 13.7. The third-order valence-electron chi connectivity index (χ3n) is 7.45. The molecule has 2 fully saturated rings. The molecule has 170 valence electrons. The van der Waals surface area contributed by atoms with Crippen molar-refractivity contribution in [3.63, 3.8) is 0 Å². The Balaban J connectivity index is 1.42. The van der Waals surface area contributed by atoms with Crippen LogP contribution in [0.15, 0.2) is 30.3 Å². The van der Waals surface area contributed by atoms with Crippen molar-refractivity contribution in [2.45, 2.75) is 69.6 Å². The van der Waals surface area contributed by atoms with E-state index in [1.54, 1.807) is 11.6 Å². The first kappa shape index (κ1) is 21.0. The number of carbonyl (C=O) groups is 2. The summed E-state index contributed by atoms with van der Waals surface area (Å²) in [4.78, 5) is 29.3. The lowest BCUT2D eigenvalue weighted by Gasteiger charge is -2.43. The van der Waals surface area contributed by atoms with Crippen molar-refractivity contribution in [2.75, 3.05) is 13.6 Å². The molecule has 1 aromatic carbocycles. The Morgan fingerprint density at radius 1 is 1.16 bits per heavy atom. The lowest BCUT2D eigenvalue weighted by Crippen LogP contribution is -2.52. The van der Waals surface area contributed by atoms with Crippen molar-refractivity contribution in [3.05, 3.63) is 47.3 Å². The third-order valence-corrected chi connectivity index (χ3v) is 7.45. The van der Waals surface area contributed by atoms with Crippen LogP contribution in [-0.2, 0) is 18.4 Å². The Hall–Kier alpha value is -2.83. The van der Waals surface area contributed by atoms with Crippen LogP contribution in [0.1, 0.15) is 73.1 Å². The Labute approximate surface area is 189 Å². The van der Waals surface area contributed by atoms with Gasteiger partial charge in [-0.15, -0.1) is 0 Å². The molecule has 0 atom stereocenters. The second-order valence-corrected chi connectivity index (χ2v) is 9.77. The summed E-state index contributed by atoms with van der Waals surface area (Å²) >= 11 is 0. The minimum Gasteiger partial charge on any atom is -0.485 e. The minimum absolute atomic E-state index is 0.00885. The van der Waals surface area contributed by atoms with E-state index in [1.165, 1.54) is 0 Å². The van der Waals surface area contributed by atoms with E-state index in [9.17, 15) is 9.59 Å². The van der Waals surface area contributed by atoms with Crippen LogP contribution in [0.3, 0.4) is 0 Å². The Bertz CT molecular complexity index is 1030. The number of para-hydroxylation sites is 1. The van der Waals surface area contributed by atoms with Crippen LogP contribution in [0.25, 0.3) is 0 Å². The minimum atomic E-state index is -0.436. The zero-order chi connectivity index (χ0) is 22.5. The highest BCUT2D eigenvalue weighted by molar-refractivity contribution is 5.93. The van der Waals surface area contributed by atoms with Gasteiger partial charge in [0.2, 0.25) is 5.91 Å². The first-order valence-corrected chi connectivity index (χ1v) is 11.7. The van der Waals surface area contributed by atoms with E-state index in [0.29, 0.717) is 24.7 Å². The normalized spacial score (nSPS) is 25.1. The van der Waals surface area contributed by atoms with Crippen molar-refractivity contribution in [2.24, 2.45) is 7.05 Å². The van der Waals surface area contributed by atoms with Gasteiger partial charge in [0, 0.05) is 45.1 Å². The van der Waals surface area contributed by atoms with E-state index in [-0.39, 0.29) is 17.9 Å². The van der Waals surface area contributed by atoms with Gasteiger partial charge in [-0.1, -0.05) is 18.2 Å². The lowest BCUT2D eigenvalue weighted by molar-refractivity contribution is -0.131. The van der Waals surface area contributed by atoms with Gasteiger partial charge in [-0.05, 0) is 50.7 Å². The predicted molar refractivity (Wildman–Crippen MR) is 120 cm³/mol. The largest absolute Gasteiger partial charge is 0.485 e. The van der Waals surface area contributed by atoms with Crippen molar-refractivity contribution in [3.8, 4) is 5.75 Å².